The van der Waals surface area contributed by atoms with E-state index in [1.54, 1.807) is 14.1 Å². The van der Waals surface area contributed by atoms with E-state index in [1.807, 2.05) is 4.90 Å². The molecule has 8 heteroatoms. The second-order valence-electron chi connectivity index (χ2n) is 8.09. The van der Waals surface area contributed by atoms with Crippen molar-refractivity contribution in [2.75, 3.05) is 40.8 Å². The maximum Gasteiger partial charge on any atom is 0.317 e. The minimum atomic E-state index is -0.117. The normalized spacial score (nSPS) is 23.2. The van der Waals surface area contributed by atoms with Crippen LogP contribution in [-0.2, 0) is 13.0 Å². The van der Waals surface area contributed by atoms with E-state index in [-0.39, 0.29) is 23.9 Å². The topological polar surface area (TPSA) is 84.6 Å². The third-order valence-electron chi connectivity index (χ3n) is 5.55. The molecule has 0 aromatic carbocycles. The molecule has 3 heterocycles. The molecule has 2 aliphatic heterocycles. The highest BCUT2D eigenvalue weighted by Crippen LogP contribution is 2.27. The molecule has 3 amide bonds. The molecule has 1 aromatic heterocycles. The zero-order valence-corrected chi connectivity index (χ0v) is 16.4. The molecule has 2 aliphatic rings. The van der Waals surface area contributed by atoms with Gasteiger partial charge in [0.25, 0.3) is 5.91 Å². The Morgan fingerprint density at radius 3 is 2.69 bits per heavy atom. The number of likely N-dealkylation sites (N-methyl/N-ethyl adjacent to an activating group) is 1. The van der Waals surface area contributed by atoms with E-state index < -0.39 is 0 Å². The molecule has 144 valence electrons. The molecular weight excluding hydrogens is 332 g/mol. The van der Waals surface area contributed by atoms with Crippen LogP contribution < -0.4 is 5.32 Å². The van der Waals surface area contributed by atoms with Gasteiger partial charge in [0.2, 0.25) is 0 Å². The number of likely N-dealkylation sites (tertiary alicyclic amines) is 1. The van der Waals surface area contributed by atoms with Gasteiger partial charge < -0.3 is 20.0 Å². The Bertz CT molecular complexity index is 683. The van der Waals surface area contributed by atoms with Crippen molar-refractivity contribution in [1.29, 1.82) is 0 Å². The Morgan fingerprint density at radius 2 is 2.04 bits per heavy atom. The summed E-state index contributed by atoms with van der Waals surface area (Å²) in [5.74, 6) is 0.574. The third kappa shape index (κ3) is 3.56. The Balaban J connectivity index is 1.76. The fourth-order valence-electron chi connectivity index (χ4n) is 3.87. The number of fused-ring (bicyclic) bond motifs is 1. The number of aromatic nitrogens is 2. The number of hydrogen-bond acceptors (Lipinski definition) is 4. The first-order chi connectivity index (χ1) is 12.3. The van der Waals surface area contributed by atoms with E-state index in [1.165, 1.54) is 4.90 Å². The highest BCUT2D eigenvalue weighted by atomic mass is 16.2. The first-order valence-corrected chi connectivity index (χ1v) is 9.29. The molecule has 0 aliphatic carbocycles. The van der Waals surface area contributed by atoms with Crippen LogP contribution in [0.15, 0.2) is 0 Å². The largest absolute Gasteiger partial charge is 0.335 e. The number of carbonyl (C=O) groups is 2. The number of amides is 3. The lowest BCUT2D eigenvalue weighted by molar-refractivity contribution is 0.0774. The number of carbonyl (C=O) groups excluding carboxylic acids is 2. The van der Waals surface area contributed by atoms with Gasteiger partial charge in [0, 0.05) is 63.9 Å². The van der Waals surface area contributed by atoms with Crippen LogP contribution in [-0.4, -0.2) is 83.7 Å². The quantitative estimate of drug-likeness (QED) is 0.832. The molecule has 2 atom stereocenters. The van der Waals surface area contributed by atoms with Crippen LogP contribution in [0.5, 0.6) is 0 Å². The zero-order chi connectivity index (χ0) is 19.0. The number of hydrogen-bond donors (Lipinski definition) is 2. The maximum atomic E-state index is 13.1. The predicted octanol–water partition coefficient (Wildman–Crippen LogP) is 0.765. The lowest BCUT2D eigenvalue weighted by atomic mass is 9.91. The van der Waals surface area contributed by atoms with Crippen LogP contribution in [0, 0.1) is 11.8 Å². The number of nitrogens with zero attached hydrogens (tertiary/aromatic N) is 4. The predicted molar refractivity (Wildman–Crippen MR) is 98.9 cm³/mol. The lowest BCUT2D eigenvalue weighted by Crippen LogP contribution is -2.46. The fraction of sp³-hybridized carbons (Fsp3) is 0.722. The van der Waals surface area contributed by atoms with Crippen molar-refractivity contribution in [3.05, 3.63) is 17.0 Å². The molecule has 0 saturated carbocycles. The maximum absolute atomic E-state index is 13.1. The highest BCUT2D eigenvalue weighted by Gasteiger charge is 2.39. The summed E-state index contributed by atoms with van der Waals surface area (Å²) >= 11 is 0. The van der Waals surface area contributed by atoms with Crippen LogP contribution in [0.25, 0.3) is 0 Å². The van der Waals surface area contributed by atoms with Gasteiger partial charge in [0.1, 0.15) is 0 Å². The van der Waals surface area contributed by atoms with Crippen molar-refractivity contribution < 1.29 is 9.59 Å². The van der Waals surface area contributed by atoms with Gasteiger partial charge in [0.05, 0.1) is 6.04 Å². The molecule has 0 spiro atoms. The van der Waals surface area contributed by atoms with Gasteiger partial charge in [-0.25, -0.2) is 4.79 Å². The summed E-state index contributed by atoms with van der Waals surface area (Å²) < 4.78 is 0. The molecule has 0 unspecified atom stereocenters. The summed E-state index contributed by atoms with van der Waals surface area (Å²) in [6.07, 6.45) is 0.891. The van der Waals surface area contributed by atoms with E-state index in [9.17, 15) is 9.59 Å². The summed E-state index contributed by atoms with van der Waals surface area (Å²) in [7, 11) is 5.51. The first kappa shape index (κ1) is 18.7. The molecule has 26 heavy (non-hydrogen) atoms. The van der Waals surface area contributed by atoms with E-state index >= 15 is 0 Å². The van der Waals surface area contributed by atoms with Gasteiger partial charge in [-0.05, 0) is 13.0 Å². The van der Waals surface area contributed by atoms with Crippen molar-refractivity contribution in [3.63, 3.8) is 0 Å². The third-order valence-corrected chi connectivity index (χ3v) is 5.55. The SMILES string of the molecule is CC(C)[C@H]1CN(C(=O)c2n[nH]c3c2CN(C)CC3)C[C@@H]1NC(=O)N(C)C. The van der Waals surface area contributed by atoms with Gasteiger partial charge in [-0.1, -0.05) is 13.8 Å². The van der Waals surface area contributed by atoms with Crippen molar-refractivity contribution in [1.82, 2.24) is 30.2 Å². The summed E-state index contributed by atoms with van der Waals surface area (Å²) in [4.78, 5) is 30.8. The van der Waals surface area contributed by atoms with E-state index in [0.717, 1.165) is 30.8 Å². The first-order valence-electron chi connectivity index (χ1n) is 9.29. The number of urea groups is 1. The Hall–Kier alpha value is -2.09. The summed E-state index contributed by atoms with van der Waals surface area (Å²) in [6.45, 7) is 7.17. The summed E-state index contributed by atoms with van der Waals surface area (Å²) in [6, 6.07) is -0.153. The average Bonchev–Trinajstić information content (AvgIpc) is 3.18. The standard InChI is InChI=1S/C18H30N6O2/c1-11(2)12-9-24(10-15(12)19-18(26)22(3)4)17(25)16-13-8-23(5)7-6-14(13)20-21-16/h11-12,15H,6-10H2,1-5H3,(H,19,26)(H,20,21)/t12-,15+/m1/s1. The molecule has 1 aromatic rings. The van der Waals surface area contributed by atoms with Crippen molar-refractivity contribution in [2.45, 2.75) is 32.9 Å². The minimum absolute atomic E-state index is 0.0358. The van der Waals surface area contributed by atoms with Crippen LogP contribution in [0.2, 0.25) is 0 Å². The Labute approximate surface area is 154 Å². The van der Waals surface area contributed by atoms with Gasteiger partial charge in [0.15, 0.2) is 5.69 Å². The smallest absolute Gasteiger partial charge is 0.317 e. The van der Waals surface area contributed by atoms with Crippen LogP contribution in [0.3, 0.4) is 0 Å². The molecule has 8 nitrogen and oxygen atoms in total. The van der Waals surface area contributed by atoms with Gasteiger partial charge in [-0.3, -0.25) is 9.89 Å². The second-order valence-corrected chi connectivity index (χ2v) is 8.09. The molecule has 0 radical (unpaired) electrons. The summed E-state index contributed by atoms with van der Waals surface area (Å²) in [5.41, 5.74) is 2.63. The van der Waals surface area contributed by atoms with Gasteiger partial charge >= 0.3 is 6.03 Å². The second kappa shape index (κ2) is 7.26. The highest BCUT2D eigenvalue weighted by molar-refractivity contribution is 5.94. The molecular formula is C18H30N6O2. The summed E-state index contributed by atoms with van der Waals surface area (Å²) in [5, 5.41) is 10.4. The number of rotatable bonds is 3. The molecule has 3 rings (SSSR count). The lowest BCUT2D eigenvalue weighted by Gasteiger charge is -2.24. The molecule has 2 N–H and O–H groups in total. The van der Waals surface area contributed by atoms with E-state index in [4.69, 9.17) is 0 Å². The Kier molecular flexibility index (Phi) is 5.22. The monoisotopic (exact) mass is 362 g/mol. The fourth-order valence-corrected chi connectivity index (χ4v) is 3.87. The van der Waals surface area contributed by atoms with E-state index in [0.29, 0.717) is 24.7 Å². The van der Waals surface area contributed by atoms with Crippen LogP contribution in [0.1, 0.15) is 35.6 Å². The van der Waals surface area contributed by atoms with Gasteiger partial charge in [-0.2, -0.15) is 5.10 Å². The number of aromatic amines is 1. The minimum Gasteiger partial charge on any atom is -0.335 e. The number of nitrogens with one attached hydrogen (secondary N) is 2. The molecule has 1 fully saturated rings. The Morgan fingerprint density at radius 1 is 1.31 bits per heavy atom. The van der Waals surface area contributed by atoms with Gasteiger partial charge in [-0.15, -0.1) is 0 Å². The van der Waals surface area contributed by atoms with Crippen molar-refractivity contribution in [3.8, 4) is 0 Å². The van der Waals surface area contributed by atoms with Crippen molar-refractivity contribution >= 4 is 11.9 Å². The van der Waals surface area contributed by atoms with Crippen LogP contribution >= 0.6 is 0 Å². The molecule has 1 saturated heterocycles. The number of H-pyrrole nitrogens is 1. The van der Waals surface area contributed by atoms with Crippen LogP contribution in [0.4, 0.5) is 4.79 Å². The van der Waals surface area contributed by atoms with E-state index in [2.05, 4.69) is 41.3 Å². The average molecular weight is 362 g/mol. The van der Waals surface area contributed by atoms with Crippen molar-refractivity contribution in [2.24, 2.45) is 11.8 Å². The zero-order valence-electron chi connectivity index (χ0n) is 16.4. The molecule has 0 bridgehead atoms.